The van der Waals surface area contributed by atoms with Gasteiger partial charge in [-0.05, 0) is 50.4 Å². The summed E-state index contributed by atoms with van der Waals surface area (Å²) in [4.78, 5) is 30.4. The zero-order valence-corrected chi connectivity index (χ0v) is 17.9. The zero-order valence-electron chi connectivity index (χ0n) is 17.9. The second-order valence-electron chi connectivity index (χ2n) is 7.97. The van der Waals surface area contributed by atoms with Crippen molar-refractivity contribution < 1.29 is 19.1 Å². The number of carbonyl (C=O) groups excluding carboxylic acids is 2. The minimum Gasteiger partial charge on any atom is -0.493 e. The Bertz CT molecular complexity index is 724. The molecular weight excluding hydrogens is 370 g/mol. The van der Waals surface area contributed by atoms with Crippen molar-refractivity contribution in [1.82, 2.24) is 14.7 Å². The summed E-state index contributed by atoms with van der Waals surface area (Å²) in [5.41, 5.74) is 1.20. The number of likely N-dealkylation sites (N-methyl/N-ethyl adjacent to an activating group) is 1. The second-order valence-corrected chi connectivity index (χ2v) is 7.97. The predicted molar refractivity (Wildman–Crippen MR) is 111 cm³/mol. The van der Waals surface area contributed by atoms with Crippen LogP contribution < -0.4 is 9.47 Å². The first-order chi connectivity index (χ1) is 14.0. The van der Waals surface area contributed by atoms with Crippen LogP contribution in [0.15, 0.2) is 18.2 Å². The highest BCUT2D eigenvalue weighted by Gasteiger charge is 2.29. The second kappa shape index (κ2) is 9.96. The molecule has 3 rings (SSSR count). The highest BCUT2D eigenvalue weighted by Crippen LogP contribution is 2.28. The van der Waals surface area contributed by atoms with E-state index in [2.05, 4.69) is 18.0 Å². The molecule has 2 aliphatic heterocycles. The molecule has 0 unspecified atom stereocenters. The first-order valence-corrected chi connectivity index (χ1v) is 10.5. The van der Waals surface area contributed by atoms with Crippen LogP contribution in [0.4, 0.5) is 0 Å². The minimum absolute atomic E-state index is 0.0817. The number of rotatable bonds is 8. The van der Waals surface area contributed by atoms with Gasteiger partial charge in [-0.1, -0.05) is 6.07 Å². The lowest BCUT2D eigenvalue weighted by atomic mass is 10.0. The average molecular weight is 404 g/mol. The van der Waals surface area contributed by atoms with Crippen LogP contribution in [0.3, 0.4) is 0 Å². The van der Waals surface area contributed by atoms with Crippen LogP contribution in [0, 0.1) is 0 Å². The van der Waals surface area contributed by atoms with E-state index < -0.39 is 0 Å². The summed E-state index contributed by atoms with van der Waals surface area (Å²) in [6.07, 6.45) is 4.45. The minimum atomic E-state index is 0.0817. The van der Waals surface area contributed by atoms with E-state index in [9.17, 15) is 9.59 Å². The van der Waals surface area contributed by atoms with Gasteiger partial charge in [0.05, 0.1) is 20.8 Å². The molecule has 160 valence electrons. The van der Waals surface area contributed by atoms with E-state index in [0.717, 1.165) is 56.8 Å². The van der Waals surface area contributed by atoms with Crippen LogP contribution in [0.5, 0.6) is 11.5 Å². The normalized spacial score (nSPS) is 19.7. The number of carbonyl (C=O) groups is 2. The molecular formula is C22H33N3O4. The fourth-order valence-electron chi connectivity index (χ4n) is 4.20. The highest BCUT2D eigenvalue weighted by atomic mass is 16.5. The Morgan fingerprint density at radius 3 is 2.66 bits per heavy atom. The molecule has 2 saturated heterocycles. The number of nitrogens with zero attached hydrogens (tertiary/aromatic N) is 3. The predicted octanol–water partition coefficient (Wildman–Crippen LogP) is 1.79. The van der Waals surface area contributed by atoms with Gasteiger partial charge in [-0.2, -0.15) is 0 Å². The maximum absolute atomic E-state index is 12.7. The van der Waals surface area contributed by atoms with E-state index in [4.69, 9.17) is 9.47 Å². The van der Waals surface area contributed by atoms with Gasteiger partial charge in [0, 0.05) is 38.6 Å². The lowest BCUT2D eigenvalue weighted by Gasteiger charge is -2.38. The van der Waals surface area contributed by atoms with Crippen LogP contribution >= 0.6 is 0 Å². The number of methoxy groups -OCH3 is 2. The van der Waals surface area contributed by atoms with Gasteiger partial charge in [0.1, 0.15) is 0 Å². The van der Waals surface area contributed by atoms with Crippen molar-refractivity contribution in [2.45, 2.75) is 38.1 Å². The fraction of sp³-hybridized carbons (Fsp3) is 0.636. The molecule has 0 radical (unpaired) electrons. The Labute approximate surface area is 173 Å². The Morgan fingerprint density at radius 1 is 1.17 bits per heavy atom. The molecule has 7 nitrogen and oxygen atoms in total. The summed E-state index contributed by atoms with van der Waals surface area (Å²) in [5, 5.41) is 0. The summed E-state index contributed by atoms with van der Waals surface area (Å²) < 4.78 is 10.7. The number of amides is 2. The molecule has 2 amide bonds. The third-order valence-electron chi connectivity index (χ3n) is 6.07. The van der Waals surface area contributed by atoms with Gasteiger partial charge in [-0.15, -0.1) is 0 Å². The summed E-state index contributed by atoms with van der Waals surface area (Å²) in [6.45, 7) is 3.39. The van der Waals surface area contributed by atoms with Crippen molar-refractivity contribution in [2.24, 2.45) is 0 Å². The number of hydrogen-bond donors (Lipinski definition) is 0. The van der Waals surface area contributed by atoms with Crippen molar-refractivity contribution >= 4 is 11.8 Å². The van der Waals surface area contributed by atoms with Crippen LogP contribution in [-0.4, -0.2) is 86.5 Å². The van der Waals surface area contributed by atoms with Crippen LogP contribution in [0.25, 0.3) is 0 Å². The van der Waals surface area contributed by atoms with E-state index in [-0.39, 0.29) is 18.4 Å². The lowest BCUT2D eigenvalue weighted by Crippen LogP contribution is -2.51. The topological polar surface area (TPSA) is 62.3 Å². The number of hydrogen-bond acceptors (Lipinski definition) is 5. The summed E-state index contributed by atoms with van der Waals surface area (Å²) in [5.74, 6) is 1.68. The SMILES string of the molecule is COc1ccc(CCN(C)[C@@H]2CCCN(C(=O)CN3CCCC3=O)C2)cc1OC. The Kier molecular flexibility index (Phi) is 7.36. The van der Waals surface area contributed by atoms with Crippen molar-refractivity contribution in [2.75, 3.05) is 54.0 Å². The van der Waals surface area contributed by atoms with Crippen LogP contribution in [-0.2, 0) is 16.0 Å². The Balaban J connectivity index is 1.51. The number of likely N-dealkylation sites (tertiary alicyclic amines) is 2. The van der Waals surface area contributed by atoms with Gasteiger partial charge in [0.15, 0.2) is 11.5 Å². The number of ether oxygens (including phenoxy) is 2. The Morgan fingerprint density at radius 2 is 1.97 bits per heavy atom. The quantitative estimate of drug-likeness (QED) is 0.662. The van der Waals surface area contributed by atoms with Crippen molar-refractivity contribution in [1.29, 1.82) is 0 Å². The molecule has 0 aromatic heterocycles. The van der Waals surface area contributed by atoms with E-state index in [1.54, 1.807) is 19.1 Å². The van der Waals surface area contributed by atoms with Crippen LogP contribution in [0.1, 0.15) is 31.2 Å². The van der Waals surface area contributed by atoms with Crippen molar-refractivity contribution in [3.63, 3.8) is 0 Å². The van der Waals surface area contributed by atoms with E-state index >= 15 is 0 Å². The van der Waals surface area contributed by atoms with Crippen LogP contribution in [0.2, 0.25) is 0 Å². The van der Waals surface area contributed by atoms with Gasteiger partial charge in [-0.3, -0.25) is 9.59 Å². The molecule has 2 fully saturated rings. The summed E-state index contributed by atoms with van der Waals surface area (Å²) in [6, 6.07) is 6.38. The smallest absolute Gasteiger partial charge is 0.242 e. The third kappa shape index (κ3) is 5.41. The molecule has 29 heavy (non-hydrogen) atoms. The largest absolute Gasteiger partial charge is 0.493 e. The van der Waals surface area contributed by atoms with E-state index in [1.165, 1.54) is 5.56 Å². The lowest BCUT2D eigenvalue weighted by molar-refractivity contribution is -0.139. The molecule has 0 bridgehead atoms. The molecule has 2 aliphatic rings. The molecule has 1 aromatic rings. The molecule has 7 heteroatoms. The summed E-state index contributed by atoms with van der Waals surface area (Å²) in [7, 11) is 5.42. The zero-order chi connectivity index (χ0) is 20.8. The third-order valence-corrected chi connectivity index (χ3v) is 6.07. The average Bonchev–Trinajstić information content (AvgIpc) is 3.16. The van der Waals surface area contributed by atoms with E-state index in [0.29, 0.717) is 19.0 Å². The van der Waals surface area contributed by atoms with Gasteiger partial charge in [0.25, 0.3) is 0 Å². The molecule has 1 atom stereocenters. The Hall–Kier alpha value is -2.28. The molecule has 0 aliphatic carbocycles. The van der Waals surface area contributed by atoms with Gasteiger partial charge < -0.3 is 24.2 Å². The first-order valence-electron chi connectivity index (χ1n) is 10.5. The van der Waals surface area contributed by atoms with Gasteiger partial charge in [0.2, 0.25) is 11.8 Å². The van der Waals surface area contributed by atoms with Crippen molar-refractivity contribution in [3.05, 3.63) is 23.8 Å². The molecule has 0 saturated carbocycles. The number of benzene rings is 1. The maximum atomic E-state index is 12.7. The molecule has 0 spiro atoms. The molecule has 0 N–H and O–H groups in total. The highest BCUT2D eigenvalue weighted by molar-refractivity contribution is 5.86. The molecule has 1 aromatic carbocycles. The monoisotopic (exact) mass is 403 g/mol. The van der Waals surface area contributed by atoms with Crippen molar-refractivity contribution in [3.8, 4) is 11.5 Å². The maximum Gasteiger partial charge on any atom is 0.242 e. The standard InChI is InChI=1S/C22H33N3O4/c1-23(13-10-17-8-9-19(28-2)20(14-17)29-3)18-6-4-11-24(15-18)22(27)16-25-12-5-7-21(25)26/h8-9,14,18H,4-7,10-13,15-16H2,1-3H3/t18-/m1/s1. The number of piperidine rings is 1. The first kappa shape index (κ1) is 21.4. The van der Waals surface area contributed by atoms with Gasteiger partial charge in [-0.25, -0.2) is 0 Å². The van der Waals surface area contributed by atoms with E-state index in [1.807, 2.05) is 17.0 Å². The fourth-order valence-corrected chi connectivity index (χ4v) is 4.20. The summed E-state index contributed by atoms with van der Waals surface area (Å²) >= 11 is 0. The van der Waals surface area contributed by atoms with Gasteiger partial charge >= 0.3 is 0 Å². The molecule has 2 heterocycles.